The first-order valence-corrected chi connectivity index (χ1v) is 11.1. The molecule has 0 N–H and O–H groups in total. The first kappa shape index (κ1) is 21.7. The maximum absolute atomic E-state index is 12.5. The summed E-state index contributed by atoms with van der Waals surface area (Å²) in [6.45, 7) is 6.27. The molecule has 1 heterocycles. The van der Waals surface area contributed by atoms with E-state index in [0.717, 1.165) is 11.1 Å². The first-order chi connectivity index (χ1) is 14.3. The van der Waals surface area contributed by atoms with Gasteiger partial charge in [-0.1, -0.05) is 48.8 Å². The lowest BCUT2D eigenvalue weighted by atomic mass is 10.1. The Morgan fingerprint density at radius 1 is 1.03 bits per heavy atom. The minimum absolute atomic E-state index is 0.0479. The van der Waals surface area contributed by atoms with Gasteiger partial charge in [0.05, 0.1) is 10.5 Å². The normalized spacial score (nSPS) is 11.6. The van der Waals surface area contributed by atoms with E-state index in [1.807, 2.05) is 31.2 Å². The number of nitrogens with zero attached hydrogens (tertiary/aromatic N) is 2. The summed E-state index contributed by atoms with van der Waals surface area (Å²) >= 11 is 0. The number of carbonyl (C=O) groups is 1. The quantitative estimate of drug-likeness (QED) is 0.503. The van der Waals surface area contributed by atoms with Crippen molar-refractivity contribution in [1.82, 2.24) is 9.46 Å². The van der Waals surface area contributed by atoms with E-state index in [9.17, 15) is 13.2 Å². The molecule has 0 saturated heterocycles. The van der Waals surface area contributed by atoms with Gasteiger partial charge in [0, 0.05) is 24.7 Å². The Bertz CT molecular complexity index is 1100. The summed E-state index contributed by atoms with van der Waals surface area (Å²) in [4.78, 5) is 12.4. The molecule has 0 bridgehead atoms. The van der Waals surface area contributed by atoms with Gasteiger partial charge in [0.1, 0.15) is 12.3 Å². The highest BCUT2D eigenvalue weighted by molar-refractivity contribution is 7.89. The number of hydrogen-bond acceptors (Lipinski definition) is 6. The zero-order valence-corrected chi connectivity index (χ0v) is 18.0. The number of ether oxygens (including phenoxy) is 1. The summed E-state index contributed by atoms with van der Waals surface area (Å²) in [5.41, 5.74) is 2.77. The molecule has 1 aromatic heterocycles. The van der Waals surface area contributed by atoms with Gasteiger partial charge in [-0.15, -0.1) is 0 Å². The van der Waals surface area contributed by atoms with Gasteiger partial charge in [-0.2, -0.15) is 4.31 Å². The van der Waals surface area contributed by atoms with Gasteiger partial charge >= 0.3 is 5.97 Å². The Kier molecular flexibility index (Phi) is 6.69. The highest BCUT2D eigenvalue weighted by Crippen LogP contribution is 2.21. The van der Waals surface area contributed by atoms with Crippen LogP contribution < -0.4 is 0 Å². The Hall–Kier alpha value is -2.97. The van der Waals surface area contributed by atoms with Crippen LogP contribution in [0.3, 0.4) is 0 Å². The van der Waals surface area contributed by atoms with Crippen LogP contribution in [0.4, 0.5) is 0 Å². The molecule has 0 aliphatic rings. The van der Waals surface area contributed by atoms with Gasteiger partial charge in [-0.25, -0.2) is 13.2 Å². The fraction of sp³-hybridized carbons (Fsp3) is 0.273. The average Bonchev–Trinajstić information content (AvgIpc) is 3.22. The largest absolute Gasteiger partial charge is 0.455 e. The highest BCUT2D eigenvalue weighted by Gasteiger charge is 2.22. The molecule has 0 aliphatic heterocycles. The fourth-order valence-electron chi connectivity index (χ4n) is 2.93. The van der Waals surface area contributed by atoms with E-state index < -0.39 is 16.0 Å². The third-order valence-corrected chi connectivity index (χ3v) is 6.74. The molecule has 0 unspecified atom stereocenters. The minimum Gasteiger partial charge on any atom is -0.455 e. The van der Waals surface area contributed by atoms with Crippen molar-refractivity contribution in [2.75, 3.05) is 13.1 Å². The van der Waals surface area contributed by atoms with Crippen LogP contribution >= 0.6 is 0 Å². The fourth-order valence-corrected chi connectivity index (χ4v) is 4.39. The maximum Gasteiger partial charge on any atom is 0.338 e. The van der Waals surface area contributed by atoms with Crippen LogP contribution in [-0.2, 0) is 21.4 Å². The highest BCUT2D eigenvalue weighted by atomic mass is 32.2. The molecule has 0 saturated carbocycles. The summed E-state index contributed by atoms with van der Waals surface area (Å²) in [5, 5.41) is 3.93. The second-order valence-corrected chi connectivity index (χ2v) is 8.68. The Morgan fingerprint density at radius 2 is 1.67 bits per heavy atom. The third-order valence-electron chi connectivity index (χ3n) is 4.68. The lowest BCUT2D eigenvalue weighted by Crippen LogP contribution is -2.30. The average molecular weight is 429 g/mol. The standard InChI is InChI=1S/C22H24N2O5S/c1-4-24(5-2)30(26,27)20-12-10-18(11-13-20)22(25)28-15-19-14-21(29-23-19)17-8-6-16(3)7-9-17/h6-14H,4-5,15H2,1-3H3. The van der Waals surface area contributed by atoms with Gasteiger partial charge in [0.25, 0.3) is 0 Å². The van der Waals surface area contributed by atoms with Crippen LogP contribution in [0.25, 0.3) is 11.3 Å². The molecular weight excluding hydrogens is 404 g/mol. The van der Waals surface area contributed by atoms with E-state index in [4.69, 9.17) is 9.26 Å². The van der Waals surface area contributed by atoms with Crippen molar-refractivity contribution in [3.63, 3.8) is 0 Å². The van der Waals surface area contributed by atoms with Crippen molar-refractivity contribution < 1.29 is 22.5 Å². The summed E-state index contributed by atoms with van der Waals surface area (Å²) in [6, 6.07) is 15.2. The monoisotopic (exact) mass is 428 g/mol. The van der Waals surface area contributed by atoms with Crippen molar-refractivity contribution in [2.24, 2.45) is 0 Å². The number of aromatic nitrogens is 1. The van der Waals surface area contributed by atoms with Crippen LogP contribution in [0.1, 0.15) is 35.5 Å². The van der Waals surface area contributed by atoms with Gasteiger partial charge in [0.2, 0.25) is 10.0 Å². The summed E-state index contributed by atoms with van der Waals surface area (Å²) in [6.07, 6.45) is 0. The minimum atomic E-state index is -3.57. The molecule has 3 aromatic rings. The van der Waals surface area contributed by atoms with Crippen molar-refractivity contribution >= 4 is 16.0 Å². The van der Waals surface area contributed by atoms with E-state index >= 15 is 0 Å². The Morgan fingerprint density at radius 3 is 2.27 bits per heavy atom. The molecule has 0 radical (unpaired) electrons. The van der Waals surface area contributed by atoms with E-state index in [2.05, 4.69) is 5.16 Å². The smallest absolute Gasteiger partial charge is 0.338 e. The van der Waals surface area contributed by atoms with E-state index in [1.54, 1.807) is 19.9 Å². The Balaban J connectivity index is 1.64. The van der Waals surface area contributed by atoms with E-state index in [1.165, 1.54) is 28.6 Å². The summed E-state index contributed by atoms with van der Waals surface area (Å²) < 4.78 is 37.0. The second kappa shape index (κ2) is 9.23. The van der Waals surface area contributed by atoms with Gasteiger partial charge in [-0.05, 0) is 31.2 Å². The molecule has 30 heavy (non-hydrogen) atoms. The van der Waals surface area contributed by atoms with E-state index in [-0.39, 0.29) is 17.1 Å². The molecule has 158 valence electrons. The second-order valence-electron chi connectivity index (χ2n) is 6.74. The van der Waals surface area contributed by atoms with Crippen molar-refractivity contribution in [3.05, 3.63) is 71.4 Å². The van der Waals surface area contributed by atoms with Gasteiger partial charge in [-0.3, -0.25) is 0 Å². The van der Waals surface area contributed by atoms with Crippen molar-refractivity contribution in [2.45, 2.75) is 32.3 Å². The molecule has 0 atom stereocenters. The molecular formula is C22H24N2O5S. The molecule has 7 nitrogen and oxygen atoms in total. The lowest BCUT2D eigenvalue weighted by molar-refractivity contribution is 0.0464. The molecule has 3 rings (SSSR count). The predicted molar refractivity (Wildman–Crippen MR) is 112 cm³/mol. The number of benzene rings is 2. The van der Waals surface area contributed by atoms with Crippen LogP contribution in [0, 0.1) is 6.92 Å². The van der Waals surface area contributed by atoms with Crippen molar-refractivity contribution in [3.8, 4) is 11.3 Å². The zero-order chi connectivity index (χ0) is 21.7. The lowest BCUT2D eigenvalue weighted by Gasteiger charge is -2.18. The van der Waals surface area contributed by atoms with E-state index in [0.29, 0.717) is 24.5 Å². The summed E-state index contributed by atoms with van der Waals surface area (Å²) in [7, 11) is -3.57. The van der Waals surface area contributed by atoms with Crippen LogP contribution in [-0.4, -0.2) is 36.9 Å². The molecule has 0 spiro atoms. The first-order valence-electron chi connectivity index (χ1n) is 9.65. The van der Waals surface area contributed by atoms with Gasteiger partial charge in [0.15, 0.2) is 5.76 Å². The molecule has 0 amide bonds. The number of sulfonamides is 1. The third kappa shape index (κ3) is 4.77. The van der Waals surface area contributed by atoms with Crippen LogP contribution in [0.5, 0.6) is 0 Å². The number of hydrogen-bond donors (Lipinski definition) is 0. The number of esters is 1. The predicted octanol–water partition coefficient (Wildman–Crippen LogP) is 4.04. The summed E-state index contributed by atoms with van der Waals surface area (Å²) in [5.74, 6) is 0.0219. The van der Waals surface area contributed by atoms with Gasteiger partial charge < -0.3 is 9.26 Å². The van der Waals surface area contributed by atoms with Crippen LogP contribution in [0.15, 0.2) is 64.0 Å². The number of carbonyl (C=O) groups excluding carboxylic acids is 1. The molecule has 0 aliphatic carbocycles. The number of aryl methyl sites for hydroxylation is 1. The molecule has 0 fully saturated rings. The maximum atomic E-state index is 12.5. The Labute approximate surface area is 176 Å². The topological polar surface area (TPSA) is 89.7 Å². The zero-order valence-electron chi connectivity index (χ0n) is 17.2. The molecule has 2 aromatic carbocycles. The van der Waals surface area contributed by atoms with Crippen LogP contribution in [0.2, 0.25) is 0 Å². The number of rotatable bonds is 8. The SMILES string of the molecule is CCN(CC)S(=O)(=O)c1ccc(C(=O)OCc2cc(-c3ccc(C)cc3)on2)cc1. The molecule has 8 heteroatoms. The van der Waals surface area contributed by atoms with Crippen molar-refractivity contribution in [1.29, 1.82) is 0 Å².